The first-order valence-corrected chi connectivity index (χ1v) is 5.32. The van der Waals surface area contributed by atoms with Crippen molar-refractivity contribution in [2.24, 2.45) is 0 Å². The zero-order valence-corrected chi connectivity index (χ0v) is 11.1. The molecule has 0 atom stereocenters. The monoisotopic (exact) mass is 256 g/mol. The number of hydrogen-bond acceptors (Lipinski definition) is 5. The fraction of sp³-hybridized carbons (Fsp3) is 0.231. The first-order valence-electron chi connectivity index (χ1n) is 5.32. The van der Waals surface area contributed by atoms with Crippen molar-refractivity contribution in [1.29, 1.82) is 0 Å². The maximum Gasteiger partial charge on any atom is 1.00 e. The van der Waals surface area contributed by atoms with Gasteiger partial charge in [-0.15, -0.1) is 0 Å². The molecular formula is C13H13LiO5. The van der Waals surface area contributed by atoms with Gasteiger partial charge in [0.1, 0.15) is 5.75 Å². The molecule has 0 spiro atoms. The van der Waals surface area contributed by atoms with Gasteiger partial charge in [-0.2, -0.15) is 0 Å². The van der Waals surface area contributed by atoms with Crippen LogP contribution >= 0.6 is 0 Å². The van der Waals surface area contributed by atoms with Gasteiger partial charge in [-0.05, 0) is 30.7 Å². The number of esters is 1. The van der Waals surface area contributed by atoms with Gasteiger partial charge in [-0.3, -0.25) is 4.79 Å². The molecule has 0 fully saturated rings. The molecule has 5 nitrogen and oxygen atoms in total. The van der Waals surface area contributed by atoms with Gasteiger partial charge in [0, 0.05) is 0 Å². The molecule has 0 amide bonds. The van der Waals surface area contributed by atoms with Crippen molar-refractivity contribution in [1.82, 2.24) is 0 Å². The van der Waals surface area contributed by atoms with Crippen LogP contribution in [0.15, 0.2) is 30.3 Å². The van der Waals surface area contributed by atoms with Crippen molar-refractivity contribution in [3.63, 3.8) is 0 Å². The molecular weight excluding hydrogens is 243 g/mol. The van der Waals surface area contributed by atoms with Crippen LogP contribution in [0.3, 0.4) is 0 Å². The van der Waals surface area contributed by atoms with Crippen LogP contribution in [-0.2, 0) is 14.3 Å². The summed E-state index contributed by atoms with van der Waals surface area (Å²) < 4.78 is 9.44. The quantitative estimate of drug-likeness (QED) is 0.192. The second kappa shape index (κ2) is 8.41. The summed E-state index contributed by atoms with van der Waals surface area (Å²) >= 11 is 0. The van der Waals surface area contributed by atoms with E-state index in [1.165, 1.54) is 19.2 Å². The third-order valence-electron chi connectivity index (χ3n) is 2.09. The Morgan fingerprint density at radius 3 is 2.63 bits per heavy atom. The summed E-state index contributed by atoms with van der Waals surface area (Å²) in [5, 5.41) is 11.7. The van der Waals surface area contributed by atoms with Gasteiger partial charge in [0.05, 0.1) is 13.7 Å². The van der Waals surface area contributed by atoms with E-state index in [1.54, 1.807) is 19.1 Å². The van der Waals surface area contributed by atoms with Crippen molar-refractivity contribution in [3.05, 3.63) is 35.9 Å². The Morgan fingerprint density at radius 2 is 2.05 bits per heavy atom. The predicted molar refractivity (Wildman–Crippen MR) is 62.6 cm³/mol. The summed E-state index contributed by atoms with van der Waals surface area (Å²) in [6.07, 6.45) is 0.715. The van der Waals surface area contributed by atoms with E-state index in [0.29, 0.717) is 11.8 Å². The van der Waals surface area contributed by atoms with Crippen LogP contribution in [0.4, 0.5) is 0 Å². The summed E-state index contributed by atoms with van der Waals surface area (Å²) in [5.41, 5.74) is 0.270. The molecule has 0 N–H and O–H groups in total. The van der Waals surface area contributed by atoms with E-state index in [4.69, 9.17) is 4.74 Å². The fourth-order valence-electron chi connectivity index (χ4n) is 1.24. The number of rotatable bonds is 5. The topological polar surface area (TPSA) is 75.7 Å². The Kier molecular flexibility index (Phi) is 7.65. The van der Waals surface area contributed by atoms with E-state index < -0.39 is 17.5 Å². The van der Waals surface area contributed by atoms with Crippen LogP contribution in [0.5, 0.6) is 5.75 Å². The van der Waals surface area contributed by atoms with Gasteiger partial charge in [0.2, 0.25) is 0 Å². The number of ketones is 1. The molecule has 0 aliphatic heterocycles. The number of hydrogen-bond donors (Lipinski definition) is 0. The van der Waals surface area contributed by atoms with Crippen LogP contribution in [0.2, 0.25) is 0 Å². The Balaban J connectivity index is 0.00000324. The number of benzene rings is 1. The van der Waals surface area contributed by atoms with Crippen molar-refractivity contribution in [2.75, 3.05) is 13.7 Å². The predicted octanol–water partition coefficient (Wildman–Crippen LogP) is -2.47. The maximum absolute atomic E-state index is 11.7. The normalized spacial score (nSPS) is 10.3. The fourth-order valence-corrected chi connectivity index (χ4v) is 1.24. The molecule has 0 heterocycles. The number of methoxy groups -OCH3 is 1. The van der Waals surface area contributed by atoms with Gasteiger partial charge < -0.3 is 14.6 Å². The molecule has 96 valence electrons. The minimum absolute atomic E-state index is 0. The molecule has 0 saturated carbocycles. The van der Waals surface area contributed by atoms with E-state index in [2.05, 4.69) is 4.74 Å². The van der Waals surface area contributed by atoms with Crippen LogP contribution in [0.25, 0.3) is 5.76 Å². The summed E-state index contributed by atoms with van der Waals surface area (Å²) in [6.45, 7) is 1.67. The number of ether oxygens (including phenoxy) is 2. The van der Waals surface area contributed by atoms with E-state index in [-0.39, 0.29) is 31.0 Å². The summed E-state index contributed by atoms with van der Waals surface area (Å²) in [7, 11) is 1.47. The van der Waals surface area contributed by atoms with Crippen molar-refractivity contribution >= 4 is 17.5 Å². The third kappa shape index (κ3) is 5.21. The van der Waals surface area contributed by atoms with E-state index >= 15 is 0 Å². The average molecular weight is 256 g/mol. The Bertz CT molecular complexity index is 482. The van der Waals surface area contributed by atoms with E-state index in [0.717, 1.165) is 0 Å². The molecule has 0 aliphatic carbocycles. The average Bonchev–Trinajstić information content (AvgIpc) is 2.39. The zero-order valence-electron chi connectivity index (χ0n) is 11.1. The molecule has 19 heavy (non-hydrogen) atoms. The summed E-state index contributed by atoms with van der Waals surface area (Å²) in [4.78, 5) is 22.3. The van der Waals surface area contributed by atoms with Gasteiger partial charge in [-0.1, -0.05) is 17.9 Å². The van der Waals surface area contributed by atoms with Crippen LogP contribution < -0.4 is 28.7 Å². The van der Waals surface area contributed by atoms with Gasteiger partial charge in [0.15, 0.2) is 0 Å². The molecule has 0 aliphatic rings. The molecule has 0 bridgehead atoms. The molecule has 0 saturated heterocycles. The maximum atomic E-state index is 11.7. The smallest absolute Gasteiger partial charge is 0.872 e. The minimum atomic E-state index is -1.03. The third-order valence-corrected chi connectivity index (χ3v) is 2.09. The van der Waals surface area contributed by atoms with Gasteiger partial charge in [0.25, 0.3) is 5.78 Å². The molecule has 1 rings (SSSR count). The summed E-state index contributed by atoms with van der Waals surface area (Å²) in [6, 6.07) is 6.30. The molecule has 0 unspecified atom stereocenters. The Hall–Kier alpha value is -1.70. The van der Waals surface area contributed by atoms with Gasteiger partial charge >= 0.3 is 24.8 Å². The molecule has 0 radical (unpaired) electrons. The van der Waals surface area contributed by atoms with E-state index in [1.807, 2.05) is 0 Å². The van der Waals surface area contributed by atoms with Crippen LogP contribution in [-0.4, -0.2) is 25.5 Å². The van der Waals surface area contributed by atoms with Crippen LogP contribution in [0.1, 0.15) is 12.5 Å². The Morgan fingerprint density at radius 1 is 1.37 bits per heavy atom. The van der Waals surface area contributed by atoms with Crippen LogP contribution in [0, 0.1) is 0 Å². The first kappa shape index (κ1) is 17.3. The van der Waals surface area contributed by atoms with Crippen molar-refractivity contribution < 1.29 is 43.0 Å². The first-order chi connectivity index (χ1) is 8.58. The van der Waals surface area contributed by atoms with Crippen molar-refractivity contribution in [3.8, 4) is 5.75 Å². The zero-order chi connectivity index (χ0) is 13.5. The number of carbonyl (C=O) groups excluding carboxylic acids is 2. The standard InChI is InChI=1S/C13H14O5.Li/c1-3-18-13(16)12(15)8-11(14)9-5-4-6-10(7-9)17-2;/h4-8,14H,3H2,1-2H3;/q;+1/p-1/b11-8+;. The summed E-state index contributed by atoms with van der Waals surface area (Å²) in [5.74, 6) is -2.07. The minimum Gasteiger partial charge on any atom is -0.872 e. The largest absolute Gasteiger partial charge is 1.00 e. The molecule has 0 aromatic heterocycles. The number of carbonyl (C=O) groups is 2. The SMILES string of the molecule is CCOC(=O)C(=O)/C=C(/[O-])c1cccc(OC)c1.[Li+]. The molecule has 1 aromatic carbocycles. The second-order valence-corrected chi connectivity index (χ2v) is 3.33. The van der Waals surface area contributed by atoms with Gasteiger partial charge in [-0.25, -0.2) is 4.79 Å². The second-order valence-electron chi connectivity index (χ2n) is 3.33. The molecule has 6 heteroatoms. The Labute approximate surface area is 123 Å². The molecule has 1 aromatic rings. The van der Waals surface area contributed by atoms with Crippen molar-refractivity contribution in [2.45, 2.75) is 6.92 Å². The van der Waals surface area contributed by atoms with E-state index in [9.17, 15) is 14.7 Å².